The van der Waals surface area contributed by atoms with Crippen LogP contribution in [0.5, 0.6) is 0 Å². The van der Waals surface area contributed by atoms with E-state index in [2.05, 4.69) is 35.1 Å². The summed E-state index contributed by atoms with van der Waals surface area (Å²) in [7, 11) is 0. The molecule has 2 fully saturated rings. The zero-order chi connectivity index (χ0) is 19.8. The van der Waals surface area contributed by atoms with Crippen LogP contribution in [-0.2, 0) is 16.0 Å². The number of ether oxygens (including phenoxy) is 1. The van der Waals surface area contributed by atoms with Crippen LogP contribution in [0.3, 0.4) is 0 Å². The number of piperidine rings is 1. The highest BCUT2D eigenvalue weighted by molar-refractivity contribution is 5.82. The van der Waals surface area contributed by atoms with Gasteiger partial charge in [-0.05, 0) is 50.3 Å². The fourth-order valence-electron chi connectivity index (χ4n) is 3.87. The molecule has 0 radical (unpaired) electrons. The van der Waals surface area contributed by atoms with E-state index < -0.39 is 0 Å². The van der Waals surface area contributed by atoms with Gasteiger partial charge >= 0.3 is 0 Å². The number of amides is 1. The lowest BCUT2D eigenvalue weighted by molar-refractivity contribution is -0.140. The average molecular weight is 388 g/mol. The van der Waals surface area contributed by atoms with Crippen LogP contribution in [-0.4, -0.2) is 79.1 Å². The van der Waals surface area contributed by atoms with E-state index in [0.717, 1.165) is 64.5 Å². The van der Waals surface area contributed by atoms with E-state index in [0.29, 0.717) is 19.1 Å². The largest absolute Gasteiger partial charge is 0.378 e. The van der Waals surface area contributed by atoms with Crippen molar-refractivity contribution >= 4 is 11.9 Å². The molecular weight excluding hydrogens is 354 g/mol. The van der Waals surface area contributed by atoms with Crippen LogP contribution < -0.4 is 5.32 Å². The Labute approximate surface area is 168 Å². The van der Waals surface area contributed by atoms with Crippen LogP contribution in [0.2, 0.25) is 0 Å². The van der Waals surface area contributed by atoms with Gasteiger partial charge in [-0.2, -0.15) is 0 Å². The van der Waals surface area contributed by atoms with E-state index in [1.807, 2.05) is 17.3 Å². The number of aryl methyl sites for hydroxylation is 1. The number of rotatable bonds is 5. The smallest absolute Gasteiger partial charge is 0.225 e. The van der Waals surface area contributed by atoms with Crippen molar-refractivity contribution in [1.29, 1.82) is 0 Å². The number of aliphatic imine (C=N–C) groups is 1. The number of carbonyl (C=O) groups is 1. The van der Waals surface area contributed by atoms with Gasteiger partial charge in [-0.25, -0.2) is 0 Å². The minimum absolute atomic E-state index is 0.136. The van der Waals surface area contributed by atoms with E-state index in [1.54, 1.807) is 0 Å². The Morgan fingerprint density at radius 3 is 2.68 bits per heavy atom. The first kappa shape index (κ1) is 20.6. The lowest BCUT2D eigenvalue weighted by Crippen LogP contribution is -2.50. The Hall–Kier alpha value is -2.15. The number of carbonyl (C=O) groups excluding carboxylic acids is 1. The third kappa shape index (κ3) is 5.44. The van der Waals surface area contributed by atoms with Crippen molar-refractivity contribution in [2.75, 3.05) is 52.5 Å². The quantitative estimate of drug-likeness (QED) is 0.612. The Morgan fingerprint density at radius 1 is 1.25 bits per heavy atom. The number of guanidine groups is 1. The molecule has 0 aromatic carbocycles. The van der Waals surface area contributed by atoms with Crippen molar-refractivity contribution in [3.8, 4) is 0 Å². The van der Waals surface area contributed by atoms with Gasteiger partial charge in [-0.1, -0.05) is 0 Å². The highest BCUT2D eigenvalue weighted by Gasteiger charge is 2.30. The number of likely N-dealkylation sites (tertiary alicyclic amines) is 1. The molecule has 1 N–H and O–H groups in total. The summed E-state index contributed by atoms with van der Waals surface area (Å²) in [4.78, 5) is 26.0. The van der Waals surface area contributed by atoms with Crippen molar-refractivity contribution in [3.63, 3.8) is 0 Å². The number of nitrogens with zero attached hydrogens (tertiary/aromatic N) is 4. The molecule has 2 aliphatic heterocycles. The molecule has 3 heterocycles. The van der Waals surface area contributed by atoms with E-state index in [1.165, 1.54) is 11.1 Å². The first-order valence-electron chi connectivity index (χ1n) is 10.5. The number of morpholine rings is 1. The molecule has 0 bridgehead atoms. The summed E-state index contributed by atoms with van der Waals surface area (Å²) < 4.78 is 5.36. The molecule has 7 nitrogen and oxygen atoms in total. The fraction of sp³-hybridized carbons (Fsp3) is 0.667. The van der Waals surface area contributed by atoms with E-state index >= 15 is 0 Å². The fourth-order valence-corrected chi connectivity index (χ4v) is 3.87. The van der Waals surface area contributed by atoms with Crippen molar-refractivity contribution < 1.29 is 9.53 Å². The predicted octanol–water partition coefficient (Wildman–Crippen LogP) is 1.47. The third-order valence-corrected chi connectivity index (χ3v) is 5.58. The topological polar surface area (TPSA) is 70.1 Å². The second-order valence-corrected chi connectivity index (χ2v) is 7.49. The monoisotopic (exact) mass is 387 g/mol. The van der Waals surface area contributed by atoms with E-state index in [-0.39, 0.29) is 5.92 Å². The van der Waals surface area contributed by atoms with Gasteiger partial charge in [-0.15, -0.1) is 0 Å². The van der Waals surface area contributed by atoms with Gasteiger partial charge in [-0.3, -0.25) is 14.8 Å². The highest BCUT2D eigenvalue weighted by Crippen LogP contribution is 2.20. The van der Waals surface area contributed by atoms with Gasteiger partial charge in [0.05, 0.1) is 13.2 Å². The lowest BCUT2D eigenvalue weighted by Gasteiger charge is -2.36. The molecule has 2 aliphatic rings. The Bertz CT molecular complexity index is 665. The van der Waals surface area contributed by atoms with Gasteiger partial charge in [0.25, 0.3) is 0 Å². The van der Waals surface area contributed by atoms with Gasteiger partial charge in [0.15, 0.2) is 5.96 Å². The summed E-state index contributed by atoms with van der Waals surface area (Å²) in [5, 5.41) is 3.41. The van der Waals surface area contributed by atoms with Gasteiger partial charge in [0.1, 0.15) is 0 Å². The minimum Gasteiger partial charge on any atom is -0.378 e. The first-order chi connectivity index (χ1) is 13.7. The van der Waals surface area contributed by atoms with Gasteiger partial charge in [0, 0.05) is 57.6 Å². The maximum Gasteiger partial charge on any atom is 0.225 e. The summed E-state index contributed by atoms with van der Waals surface area (Å²) in [6.45, 7) is 10.3. The van der Waals surface area contributed by atoms with Crippen molar-refractivity contribution in [3.05, 3.63) is 29.6 Å². The Balaban J connectivity index is 1.52. The molecule has 3 rings (SSSR count). The van der Waals surface area contributed by atoms with E-state index in [9.17, 15) is 4.79 Å². The number of aromatic nitrogens is 1. The molecule has 1 aromatic heterocycles. The van der Waals surface area contributed by atoms with Gasteiger partial charge in [0.2, 0.25) is 5.91 Å². The first-order valence-corrected chi connectivity index (χ1v) is 10.5. The second-order valence-electron chi connectivity index (χ2n) is 7.49. The number of pyridine rings is 1. The highest BCUT2D eigenvalue weighted by atomic mass is 16.5. The zero-order valence-corrected chi connectivity index (χ0v) is 17.2. The van der Waals surface area contributed by atoms with Crippen molar-refractivity contribution in [1.82, 2.24) is 20.1 Å². The molecular formula is C21H33N5O2. The summed E-state index contributed by atoms with van der Waals surface area (Å²) in [5.74, 6) is 1.40. The minimum atomic E-state index is 0.136. The summed E-state index contributed by atoms with van der Waals surface area (Å²) in [5.41, 5.74) is 2.51. The van der Waals surface area contributed by atoms with Crippen LogP contribution in [0, 0.1) is 12.8 Å². The SMILES string of the molecule is CCNC(=NCCc1ccncc1C)N1CCC(C(=O)N2CCOCC2)CC1. The molecule has 1 aromatic rings. The molecule has 1 amide bonds. The summed E-state index contributed by atoms with van der Waals surface area (Å²) >= 11 is 0. The average Bonchev–Trinajstić information content (AvgIpc) is 2.75. The molecule has 7 heteroatoms. The van der Waals surface area contributed by atoms with Crippen LogP contribution in [0.25, 0.3) is 0 Å². The molecule has 154 valence electrons. The zero-order valence-electron chi connectivity index (χ0n) is 17.2. The molecule has 0 spiro atoms. The van der Waals surface area contributed by atoms with Gasteiger partial charge < -0.3 is 19.9 Å². The number of hydrogen-bond donors (Lipinski definition) is 1. The number of hydrogen-bond acceptors (Lipinski definition) is 4. The van der Waals surface area contributed by atoms with Crippen LogP contribution in [0.1, 0.15) is 30.9 Å². The molecule has 0 saturated carbocycles. The predicted molar refractivity (Wildman–Crippen MR) is 110 cm³/mol. The normalized spacial score (nSPS) is 19.0. The Morgan fingerprint density at radius 2 is 2.00 bits per heavy atom. The third-order valence-electron chi connectivity index (χ3n) is 5.58. The second kappa shape index (κ2) is 10.4. The maximum atomic E-state index is 12.7. The maximum absolute atomic E-state index is 12.7. The van der Waals surface area contributed by atoms with Crippen molar-refractivity contribution in [2.45, 2.75) is 33.1 Å². The lowest BCUT2D eigenvalue weighted by atomic mass is 9.95. The molecule has 0 unspecified atom stereocenters. The molecule has 28 heavy (non-hydrogen) atoms. The Kier molecular flexibility index (Phi) is 7.65. The van der Waals surface area contributed by atoms with E-state index in [4.69, 9.17) is 9.73 Å². The summed E-state index contributed by atoms with van der Waals surface area (Å²) in [6.07, 6.45) is 6.44. The van der Waals surface area contributed by atoms with Crippen LogP contribution >= 0.6 is 0 Å². The standard InChI is InChI=1S/C21H33N5O2/c1-3-23-21(24-9-5-18-4-8-22-16-17(18)2)26-10-6-19(7-11-26)20(27)25-12-14-28-15-13-25/h4,8,16,19H,3,5-7,9-15H2,1-2H3,(H,23,24). The summed E-state index contributed by atoms with van der Waals surface area (Å²) in [6, 6.07) is 2.07. The van der Waals surface area contributed by atoms with Crippen LogP contribution in [0.15, 0.2) is 23.5 Å². The van der Waals surface area contributed by atoms with Crippen molar-refractivity contribution in [2.24, 2.45) is 10.9 Å². The number of nitrogens with one attached hydrogen (secondary N) is 1. The molecule has 0 atom stereocenters. The molecule has 2 saturated heterocycles. The molecule has 0 aliphatic carbocycles. The van der Waals surface area contributed by atoms with Crippen LogP contribution in [0.4, 0.5) is 0 Å².